The van der Waals surface area contributed by atoms with E-state index < -0.39 is 0 Å². The molecule has 0 heterocycles. The second kappa shape index (κ2) is 6.47. The maximum absolute atomic E-state index is 3.60. The van der Waals surface area contributed by atoms with Crippen LogP contribution in [0.3, 0.4) is 0 Å². The zero-order valence-corrected chi connectivity index (χ0v) is 9.35. The van der Waals surface area contributed by atoms with E-state index in [1.165, 1.54) is 12.8 Å². The zero-order chi connectivity index (χ0) is 9.56. The number of hydrogen-bond donors (Lipinski definition) is 1. The molecule has 0 aliphatic carbocycles. The van der Waals surface area contributed by atoms with Gasteiger partial charge in [-0.25, -0.2) is 0 Å². The minimum atomic E-state index is 0.713. The predicted octanol–water partition coefficient (Wildman–Crippen LogP) is 3.06. The molecule has 0 aromatic carbocycles. The lowest BCUT2D eigenvalue weighted by Crippen LogP contribution is -2.35. The predicted molar refractivity (Wildman–Crippen MR) is 56.4 cm³/mol. The van der Waals surface area contributed by atoms with Crippen LogP contribution in [-0.4, -0.2) is 12.6 Å². The molecule has 12 heavy (non-hydrogen) atoms. The standard InChI is InChI=1S/C11H25N/c1-6-7-12-11(10(4)5)8-9(2)3/h9-12H,6-8H2,1-5H3. The Morgan fingerprint density at radius 3 is 2.00 bits per heavy atom. The highest BCUT2D eigenvalue weighted by molar-refractivity contribution is 4.71. The van der Waals surface area contributed by atoms with Crippen LogP contribution in [0.25, 0.3) is 0 Å². The van der Waals surface area contributed by atoms with E-state index >= 15 is 0 Å². The van der Waals surface area contributed by atoms with Crippen molar-refractivity contribution < 1.29 is 0 Å². The second-order valence-electron chi connectivity index (χ2n) is 4.43. The first-order valence-corrected chi connectivity index (χ1v) is 5.31. The van der Waals surface area contributed by atoms with Crippen molar-refractivity contribution in [3.8, 4) is 0 Å². The summed E-state index contributed by atoms with van der Waals surface area (Å²) in [6.07, 6.45) is 2.54. The van der Waals surface area contributed by atoms with Gasteiger partial charge in [-0.1, -0.05) is 34.6 Å². The van der Waals surface area contributed by atoms with Gasteiger partial charge in [0.25, 0.3) is 0 Å². The zero-order valence-electron chi connectivity index (χ0n) is 9.35. The molecule has 0 radical (unpaired) electrons. The highest BCUT2D eigenvalue weighted by atomic mass is 14.9. The molecule has 0 amide bonds. The van der Waals surface area contributed by atoms with E-state index in [0.717, 1.165) is 18.4 Å². The summed E-state index contributed by atoms with van der Waals surface area (Å²) in [4.78, 5) is 0. The van der Waals surface area contributed by atoms with Gasteiger partial charge < -0.3 is 5.32 Å². The van der Waals surface area contributed by atoms with Gasteiger partial charge in [-0.2, -0.15) is 0 Å². The first kappa shape index (κ1) is 12.0. The summed E-state index contributed by atoms with van der Waals surface area (Å²) in [6.45, 7) is 12.6. The van der Waals surface area contributed by atoms with Crippen LogP contribution >= 0.6 is 0 Å². The Labute approximate surface area is 77.9 Å². The molecule has 1 unspecified atom stereocenters. The topological polar surface area (TPSA) is 12.0 Å². The summed E-state index contributed by atoms with van der Waals surface area (Å²) in [5.74, 6) is 1.57. The van der Waals surface area contributed by atoms with Gasteiger partial charge in [0.2, 0.25) is 0 Å². The lowest BCUT2D eigenvalue weighted by Gasteiger charge is -2.23. The first-order chi connectivity index (χ1) is 5.57. The fourth-order valence-electron chi connectivity index (χ4n) is 1.43. The molecule has 74 valence electrons. The smallest absolute Gasteiger partial charge is 0.00924 e. The lowest BCUT2D eigenvalue weighted by molar-refractivity contribution is 0.339. The van der Waals surface area contributed by atoms with Gasteiger partial charge in [-0.05, 0) is 31.2 Å². The van der Waals surface area contributed by atoms with Crippen molar-refractivity contribution in [3.63, 3.8) is 0 Å². The molecular formula is C11H25N. The Hall–Kier alpha value is -0.0400. The highest BCUT2D eigenvalue weighted by Crippen LogP contribution is 2.12. The molecule has 0 bridgehead atoms. The van der Waals surface area contributed by atoms with E-state index in [1.54, 1.807) is 0 Å². The van der Waals surface area contributed by atoms with Gasteiger partial charge in [0.1, 0.15) is 0 Å². The van der Waals surface area contributed by atoms with Crippen molar-refractivity contribution in [2.75, 3.05) is 6.54 Å². The van der Waals surface area contributed by atoms with Crippen LogP contribution in [-0.2, 0) is 0 Å². The normalized spacial score (nSPS) is 14.2. The van der Waals surface area contributed by atoms with Crippen LogP contribution in [0.15, 0.2) is 0 Å². The number of nitrogens with one attached hydrogen (secondary N) is 1. The summed E-state index contributed by atoms with van der Waals surface area (Å²) in [5.41, 5.74) is 0. The van der Waals surface area contributed by atoms with Crippen molar-refractivity contribution >= 4 is 0 Å². The molecule has 0 saturated heterocycles. The minimum Gasteiger partial charge on any atom is -0.314 e. The molecule has 1 nitrogen and oxygen atoms in total. The van der Waals surface area contributed by atoms with Crippen molar-refractivity contribution in [2.45, 2.75) is 53.5 Å². The average molecular weight is 171 g/mol. The van der Waals surface area contributed by atoms with Gasteiger partial charge in [0, 0.05) is 6.04 Å². The fraction of sp³-hybridized carbons (Fsp3) is 1.00. The van der Waals surface area contributed by atoms with Crippen molar-refractivity contribution in [1.29, 1.82) is 0 Å². The fourth-order valence-corrected chi connectivity index (χ4v) is 1.43. The molecule has 1 heteroatoms. The average Bonchev–Trinajstić information content (AvgIpc) is 1.96. The van der Waals surface area contributed by atoms with Gasteiger partial charge in [-0.3, -0.25) is 0 Å². The summed E-state index contributed by atoms with van der Waals surface area (Å²) in [7, 11) is 0. The van der Waals surface area contributed by atoms with Crippen LogP contribution in [0.1, 0.15) is 47.5 Å². The monoisotopic (exact) mass is 171 g/mol. The van der Waals surface area contributed by atoms with Gasteiger partial charge in [0.15, 0.2) is 0 Å². The highest BCUT2D eigenvalue weighted by Gasteiger charge is 2.13. The third-order valence-electron chi connectivity index (χ3n) is 2.19. The minimum absolute atomic E-state index is 0.713. The third kappa shape index (κ3) is 5.59. The van der Waals surface area contributed by atoms with E-state index in [2.05, 4.69) is 39.9 Å². The van der Waals surface area contributed by atoms with Crippen molar-refractivity contribution in [3.05, 3.63) is 0 Å². The quantitative estimate of drug-likeness (QED) is 0.647. The lowest BCUT2D eigenvalue weighted by atomic mass is 9.94. The molecular weight excluding hydrogens is 146 g/mol. The summed E-state index contributed by atoms with van der Waals surface area (Å²) in [5, 5.41) is 3.60. The first-order valence-electron chi connectivity index (χ1n) is 5.31. The Bertz CT molecular complexity index is 97.2. The molecule has 1 atom stereocenters. The Balaban J connectivity index is 3.70. The Morgan fingerprint density at radius 2 is 1.67 bits per heavy atom. The van der Waals surface area contributed by atoms with Crippen LogP contribution in [0.2, 0.25) is 0 Å². The maximum Gasteiger partial charge on any atom is 0.00924 e. The molecule has 0 aliphatic heterocycles. The number of hydrogen-bond acceptors (Lipinski definition) is 1. The van der Waals surface area contributed by atoms with Crippen molar-refractivity contribution in [1.82, 2.24) is 5.32 Å². The van der Waals surface area contributed by atoms with Gasteiger partial charge in [-0.15, -0.1) is 0 Å². The van der Waals surface area contributed by atoms with E-state index in [1.807, 2.05) is 0 Å². The van der Waals surface area contributed by atoms with E-state index in [9.17, 15) is 0 Å². The molecule has 0 aromatic rings. The summed E-state index contributed by atoms with van der Waals surface area (Å²) in [6, 6.07) is 0.713. The van der Waals surface area contributed by atoms with Crippen LogP contribution in [0.4, 0.5) is 0 Å². The molecule has 0 aromatic heterocycles. The molecule has 0 saturated carbocycles. The largest absolute Gasteiger partial charge is 0.314 e. The maximum atomic E-state index is 3.60. The van der Waals surface area contributed by atoms with E-state index in [4.69, 9.17) is 0 Å². The third-order valence-corrected chi connectivity index (χ3v) is 2.19. The molecule has 1 N–H and O–H groups in total. The van der Waals surface area contributed by atoms with Crippen LogP contribution in [0, 0.1) is 11.8 Å². The van der Waals surface area contributed by atoms with E-state index in [0.29, 0.717) is 6.04 Å². The SMILES string of the molecule is CCCNC(CC(C)C)C(C)C. The van der Waals surface area contributed by atoms with Gasteiger partial charge in [0.05, 0.1) is 0 Å². The molecule has 0 aliphatic rings. The van der Waals surface area contributed by atoms with Gasteiger partial charge >= 0.3 is 0 Å². The molecule has 0 spiro atoms. The Kier molecular flexibility index (Phi) is 6.45. The van der Waals surface area contributed by atoms with Crippen LogP contribution < -0.4 is 5.32 Å². The molecule has 0 fully saturated rings. The Morgan fingerprint density at radius 1 is 1.08 bits per heavy atom. The summed E-state index contributed by atoms with van der Waals surface area (Å²) >= 11 is 0. The molecule has 0 rings (SSSR count). The van der Waals surface area contributed by atoms with Crippen LogP contribution in [0.5, 0.6) is 0 Å². The summed E-state index contributed by atoms with van der Waals surface area (Å²) < 4.78 is 0. The van der Waals surface area contributed by atoms with Crippen molar-refractivity contribution in [2.24, 2.45) is 11.8 Å². The number of rotatable bonds is 6. The second-order valence-corrected chi connectivity index (χ2v) is 4.43. The van der Waals surface area contributed by atoms with E-state index in [-0.39, 0.29) is 0 Å².